The van der Waals surface area contributed by atoms with Crippen LogP contribution in [0.5, 0.6) is 0 Å². The van der Waals surface area contributed by atoms with Crippen molar-refractivity contribution in [2.75, 3.05) is 26.7 Å². The van der Waals surface area contributed by atoms with Gasteiger partial charge in [-0.1, -0.05) is 26.0 Å². The number of hydrogen-bond donors (Lipinski definition) is 3. The molecule has 1 heterocycles. The first-order valence-electron chi connectivity index (χ1n) is 9.01. The fraction of sp³-hybridized carbons (Fsp3) is 0.579. The highest BCUT2D eigenvalue weighted by Gasteiger charge is 2.16. The van der Waals surface area contributed by atoms with E-state index in [1.165, 1.54) is 0 Å². The second-order valence-electron chi connectivity index (χ2n) is 6.75. The summed E-state index contributed by atoms with van der Waals surface area (Å²) in [5.41, 5.74) is 1.71. The summed E-state index contributed by atoms with van der Waals surface area (Å²) >= 11 is 0. The number of benzene rings is 1. The number of amides is 1. The van der Waals surface area contributed by atoms with Crippen molar-refractivity contribution in [2.45, 2.75) is 39.3 Å². The lowest BCUT2D eigenvalue weighted by Crippen LogP contribution is -2.38. The van der Waals surface area contributed by atoms with Crippen LogP contribution in [0.2, 0.25) is 0 Å². The number of halogens is 1. The Hall–Kier alpha value is -1.35. The van der Waals surface area contributed by atoms with E-state index in [1.807, 2.05) is 24.3 Å². The lowest BCUT2D eigenvalue weighted by Gasteiger charge is -2.14. The second kappa shape index (κ2) is 12.1. The van der Waals surface area contributed by atoms with Crippen molar-refractivity contribution < 1.29 is 9.53 Å². The van der Waals surface area contributed by atoms with Crippen LogP contribution in [-0.4, -0.2) is 44.7 Å². The van der Waals surface area contributed by atoms with Gasteiger partial charge < -0.3 is 20.7 Å². The number of aliphatic imine (C=N–C) groups is 1. The van der Waals surface area contributed by atoms with Crippen LogP contribution in [0, 0.1) is 5.92 Å². The summed E-state index contributed by atoms with van der Waals surface area (Å²) in [6.45, 7) is 7.16. The van der Waals surface area contributed by atoms with E-state index in [1.54, 1.807) is 7.05 Å². The Kier molecular flexibility index (Phi) is 10.6. The van der Waals surface area contributed by atoms with Crippen molar-refractivity contribution >= 4 is 35.8 Å². The number of guanidine groups is 1. The van der Waals surface area contributed by atoms with Crippen molar-refractivity contribution in [3.8, 4) is 0 Å². The molecule has 6 nitrogen and oxygen atoms in total. The summed E-state index contributed by atoms with van der Waals surface area (Å²) in [7, 11) is 1.75. The van der Waals surface area contributed by atoms with E-state index in [2.05, 4.69) is 34.8 Å². The summed E-state index contributed by atoms with van der Waals surface area (Å²) in [6, 6.07) is 7.65. The van der Waals surface area contributed by atoms with Gasteiger partial charge in [0.1, 0.15) is 0 Å². The Morgan fingerprint density at radius 3 is 2.77 bits per heavy atom. The molecule has 1 atom stereocenters. The van der Waals surface area contributed by atoms with Gasteiger partial charge in [-0.15, -0.1) is 24.0 Å². The minimum absolute atomic E-state index is 0. The van der Waals surface area contributed by atoms with Gasteiger partial charge in [0.05, 0.1) is 6.10 Å². The molecule has 0 spiro atoms. The van der Waals surface area contributed by atoms with Gasteiger partial charge >= 0.3 is 0 Å². The van der Waals surface area contributed by atoms with E-state index >= 15 is 0 Å². The molecule has 1 amide bonds. The molecule has 7 heteroatoms. The van der Waals surface area contributed by atoms with Crippen molar-refractivity contribution in [3.63, 3.8) is 0 Å². The molecule has 1 aliphatic rings. The first-order valence-corrected chi connectivity index (χ1v) is 9.01. The Morgan fingerprint density at radius 1 is 1.31 bits per heavy atom. The van der Waals surface area contributed by atoms with Crippen LogP contribution in [0.1, 0.15) is 42.6 Å². The number of carbonyl (C=O) groups is 1. The molecule has 0 saturated carbocycles. The van der Waals surface area contributed by atoms with Gasteiger partial charge in [0, 0.05) is 38.9 Å². The van der Waals surface area contributed by atoms with E-state index in [9.17, 15) is 4.79 Å². The van der Waals surface area contributed by atoms with E-state index in [-0.39, 0.29) is 36.0 Å². The average molecular weight is 474 g/mol. The third kappa shape index (κ3) is 7.90. The van der Waals surface area contributed by atoms with Crippen LogP contribution >= 0.6 is 24.0 Å². The molecule has 2 rings (SSSR count). The minimum Gasteiger partial charge on any atom is -0.376 e. The molecule has 0 aliphatic carbocycles. The lowest BCUT2D eigenvalue weighted by molar-refractivity contribution is 0.0857. The summed E-state index contributed by atoms with van der Waals surface area (Å²) in [5.74, 6) is 1.26. The zero-order valence-corrected chi connectivity index (χ0v) is 18.2. The summed E-state index contributed by atoms with van der Waals surface area (Å²) in [5, 5.41) is 9.50. The minimum atomic E-state index is -0.0559. The SMILES string of the molecule is CN=C(NCc1cccc(C(=O)NCC2CCCO2)c1)NCC(C)C.I. The Morgan fingerprint density at radius 2 is 2.12 bits per heavy atom. The van der Waals surface area contributed by atoms with Gasteiger partial charge in [-0.05, 0) is 36.5 Å². The van der Waals surface area contributed by atoms with E-state index in [4.69, 9.17) is 4.74 Å². The van der Waals surface area contributed by atoms with Gasteiger partial charge in [-0.2, -0.15) is 0 Å². The third-order valence-electron chi connectivity index (χ3n) is 4.06. The molecule has 0 aromatic heterocycles. The Bertz CT molecular complexity index is 587. The molecular formula is C19H31IN4O2. The maximum Gasteiger partial charge on any atom is 0.251 e. The number of ether oxygens (including phenoxy) is 1. The Balaban J connectivity index is 0.00000338. The highest BCUT2D eigenvalue weighted by Crippen LogP contribution is 2.11. The highest BCUT2D eigenvalue weighted by molar-refractivity contribution is 14.0. The third-order valence-corrected chi connectivity index (χ3v) is 4.06. The van der Waals surface area contributed by atoms with Crippen LogP contribution in [0.25, 0.3) is 0 Å². The maximum absolute atomic E-state index is 12.3. The van der Waals surface area contributed by atoms with Crippen LogP contribution < -0.4 is 16.0 Å². The van der Waals surface area contributed by atoms with Gasteiger partial charge in [-0.3, -0.25) is 9.79 Å². The summed E-state index contributed by atoms with van der Waals surface area (Å²) in [4.78, 5) is 16.5. The first kappa shape index (κ1) is 22.7. The monoisotopic (exact) mass is 474 g/mol. The predicted molar refractivity (Wildman–Crippen MR) is 116 cm³/mol. The molecule has 1 unspecified atom stereocenters. The van der Waals surface area contributed by atoms with E-state index in [0.29, 0.717) is 24.6 Å². The van der Waals surface area contributed by atoms with Gasteiger partial charge in [0.25, 0.3) is 5.91 Å². The van der Waals surface area contributed by atoms with Crippen LogP contribution in [0.4, 0.5) is 0 Å². The molecule has 1 aromatic carbocycles. The molecule has 1 saturated heterocycles. The number of nitrogens with zero attached hydrogens (tertiary/aromatic N) is 1. The fourth-order valence-electron chi connectivity index (χ4n) is 2.64. The second-order valence-corrected chi connectivity index (χ2v) is 6.75. The molecule has 3 N–H and O–H groups in total. The normalized spacial score (nSPS) is 16.9. The standard InChI is InChI=1S/C19H30N4O2.HI/c1-14(2)11-22-19(20-3)23-12-15-6-4-7-16(10-15)18(24)21-13-17-8-5-9-25-17;/h4,6-7,10,14,17H,5,8-9,11-13H2,1-3H3,(H,21,24)(H2,20,22,23);1H. The lowest BCUT2D eigenvalue weighted by atomic mass is 10.1. The largest absolute Gasteiger partial charge is 0.376 e. The average Bonchev–Trinajstić information content (AvgIpc) is 3.13. The van der Waals surface area contributed by atoms with Gasteiger partial charge in [0.2, 0.25) is 0 Å². The molecular weight excluding hydrogens is 443 g/mol. The van der Waals surface area contributed by atoms with Crippen molar-refractivity contribution in [3.05, 3.63) is 35.4 Å². The zero-order valence-electron chi connectivity index (χ0n) is 15.9. The predicted octanol–water partition coefficient (Wildman–Crippen LogP) is 2.53. The fourth-order valence-corrected chi connectivity index (χ4v) is 2.64. The molecule has 26 heavy (non-hydrogen) atoms. The number of hydrogen-bond acceptors (Lipinski definition) is 3. The quantitative estimate of drug-likeness (QED) is 0.323. The van der Waals surface area contributed by atoms with E-state index < -0.39 is 0 Å². The summed E-state index contributed by atoms with van der Waals surface area (Å²) < 4.78 is 5.54. The molecule has 146 valence electrons. The van der Waals surface area contributed by atoms with Crippen LogP contribution in [0.15, 0.2) is 29.3 Å². The van der Waals surface area contributed by atoms with Crippen molar-refractivity contribution in [2.24, 2.45) is 10.9 Å². The van der Waals surface area contributed by atoms with Crippen molar-refractivity contribution in [1.29, 1.82) is 0 Å². The number of rotatable bonds is 7. The summed E-state index contributed by atoms with van der Waals surface area (Å²) in [6.07, 6.45) is 2.25. The van der Waals surface area contributed by atoms with E-state index in [0.717, 1.165) is 37.5 Å². The van der Waals surface area contributed by atoms with Gasteiger partial charge in [0.15, 0.2) is 5.96 Å². The smallest absolute Gasteiger partial charge is 0.251 e. The molecule has 0 bridgehead atoms. The topological polar surface area (TPSA) is 74.8 Å². The van der Waals surface area contributed by atoms with Crippen molar-refractivity contribution in [1.82, 2.24) is 16.0 Å². The number of carbonyl (C=O) groups excluding carboxylic acids is 1. The molecule has 1 aliphatic heterocycles. The number of nitrogens with one attached hydrogen (secondary N) is 3. The zero-order chi connectivity index (χ0) is 18.1. The first-order chi connectivity index (χ1) is 12.1. The van der Waals surface area contributed by atoms with Gasteiger partial charge in [-0.25, -0.2) is 0 Å². The highest BCUT2D eigenvalue weighted by atomic mass is 127. The molecule has 1 aromatic rings. The van der Waals surface area contributed by atoms with Crippen LogP contribution in [-0.2, 0) is 11.3 Å². The maximum atomic E-state index is 12.3. The molecule has 0 radical (unpaired) electrons. The van der Waals surface area contributed by atoms with Crippen LogP contribution in [0.3, 0.4) is 0 Å². The Labute approximate surface area is 173 Å². The molecule has 1 fully saturated rings.